The van der Waals surface area contributed by atoms with Crippen molar-refractivity contribution < 1.29 is 13.2 Å². The second-order valence-electron chi connectivity index (χ2n) is 4.49. The molecule has 7 heteroatoms. The molecule has 19 heavy (non-hydrogen) atoms. The molecule has 1 heterocycles. The van der Waals surface area contributed by atoms with Crippen LogP contribution in [0.5, 0.6) is 0 Å². The Kier molecular flexibility index (Phi) is 4.54. The van der Waals surface area contributed by atoms with E-state index in [4.69, 9.17) is 10.5 Å². The Bertz CT molecular complexity index is 539. The summed E-state index contributed by atoms with van der Waals surface area (Å²) in [5, 5.41) is 1.66. The third-order valence-corrected chi connectivity index (χ3v) is 4.48. The minimum atomic E-state index is -3.53. The smallest absolute Gasteiger partial charge is 0.253 e. The van der Waals surface area contributed by atoms with Gasteiger partial charge in [0.15, 0.2) is 0 Å². The van der Waals surface area contributed by atoms with E-state index in [-0.39, 0.29) is 4.90 Å². The monoisotopic (exact) mass is 285 g/mol. The standard InChI is InChI=1S/C12H19N3O3S/c1-10-8-12(3-2-11(10)9-13)19(16,17)14-15-4-6-18-7-5-15/h2-3,8,14H,4-7,9,13H2,1H3. The van der Waals surface area contributed by atoms with E-state index in [1.165, 1.54) is 0 Å². The molecule has 0 atom stereocenters. The zero-order valence-corrected chi connectivity index (χ0v) is 11.7. The van der Waals surface area contributed by atoms with Crippen LogP contribution in [0.15, 0.2) is 23.1 Å². The minimum absolute atomic E-state index is 0.258. The number of hydrazine groups is 1. The van der Waals surface area contributed by atoms with Crippen molar-refractivity contribution >= 4 is 10.0 Å². The van der Waals surface area contributed by atoms with Crippen molar-refractivity contribution in [1.82, 2.24) is 9.84 Å². The average molecular weight is 285 g/mol. The van der Waals surface area contributed by atoms with Gasteiger partial charge in [0.05, 0.1) is 18.1 Å². The fourth-order valence-electron chi connectivity index (χ4n) is 1.94. The number of benzene rings is 1. The quantitative estimate of drug-likeness (QED) is 0.812. The number of nitrogens with zero attached hydrogens (tertiary/aromatic N) is 1. The molecule has 0 unspecified atom stereocenters. The molecule has 6 nitrogen and oxygen atoms in total. The first-order chi connectivity index (χ1) is 9.03. The molecule has 0 bridgehead atoms. The highest BCUT2D eigenvalue weighted by molar-refractivity contribution is 7.89. The maximum absolute atomic E-state index is 12.2. The SMILES string of the molecule is Cc1cc(S(=O)(=O)NN2CCOCC2)ccc1CN. The third-order valence-electron chi connectivity index (χ3n) is 3.10. The summed E-state index contributed by atoms with van der Waals surface area (Å²) < 4.78 is 29.6. The van der Waals surface area contributed by atoms with Crippen molar-refractivity contribution in [2.75, 3.05) is 26.3 Å². The minimum Gasteiger partial charge on any atom is -0.379 e. The molecule has 0 aromatic heterocycles. The Morgan fingerprint density at radius 2 is 2.05 bits per heavy atom. The molecule has 1 aliphatic heterocycles. The molecule has 3 N–H and O–H groups in total. The van der Waals surface area contributed by atoms with E-state index in [2.05, 4.69) is 4.83 Å². The zero-order chi connectivity index (χ0) is 13.9. The highest BCUT2D eigenvalue weighted by Crippen LogP contribution is 2.15. The van der Waals surface area contributed by atoms with Gasteiger partial charge in [-0.1, -0.05) is 6.07 Å². The number of aryl methyl sites for hydroxylation is 1. The van der Waals surface area contributed by atoms with Gasteiger partial charge in [0.1, 0.15) is 0 Å². The number of nitrogens with one attached hydrogen (secondary N) is 1. The summed E-state index contributed by atoms with van der Waals surface area (Å²) in [5.74, 6) is 0. The van der Waals surface area contributed by atoms with Crippen LogP contribution >= 0.6 is 0 Å². The van der Waals surface area contributed by atoms with Crippen LogP contribution in [0.1, 0.15) is 11.1 Å². The molecule has 1 aromatic rings. The summed E-state index contributed by atoms with van der Waals surface area (Å²) >= 11 is 0. The van der Waals surface area contributed by atoms with Gasteiger partial charge in [-0.3, -0.25) is 0 Å². The maximum atomic E-state index is 12.2. The Labute approximate surface area is 113 Å². The molecular formula is C12H19N3O3S. The Morgan fingerprint density at radius 1 is 1.37 bits per heavy atom. The Hall–Kier alpha value is -0.990. The largest absolute Gasteiger partial charge is 0.379 e. The number of nitrogens with two attached hydrogens (primary N) is 1. The lowest BCUT2D eigenvalue weighted by Crippen LogP contribution is -2.48. The van der Waals surface area contributed by atoms with E-state index in [1.54, 1.807) is 23.2 Å². The lowest BCUT2D eigenvalue weighted by molar-refractivity contribution is 0.0272. The third kappa shape index (κ3) is 3.52. The number of hydrogen-bond donors (Lipinski definition) is 2. The number of ether oxygens (including phenoxy) is 1. The highest BCUT2D eigenvalue weighted by Gasteiger charge is 2.20. The normalized spacial score (nSPS) is 17.6. The van der Waals surface area contributed by atoms with E-state index in [0.717, 1.165) is 11.1 Å². The molecule has 2 rings (SSSR count). The van der Waals surface area contributed by atoms with E-state index < -0.39 is 10.0 Å². The van der Waals surface area contributed by atoms with Gasteiger partial charge in [-0.25, -0.2) is 13.4 Å². The summed E-state index contributed by atoms with van der Waals surface area (Å²) in [5.41, 5.74) is 7.40. The summed E-state index contributed by atoms with van der Waals surface area (Å²) in [6.45, 7) is 4.44. The molecule has 1 aliphatic rings. The van der Waals surface area contributed by atoms with Crippen LogP contribution in [-0.4, -0.2) is 39.7 Å². The lowest BCUT2D eigenvalue weighted by Gasteiger charge is -2.26. The molecular weight excluding hydrogens is 266 g/mol. The maximum Gasteiger partial charge on any atom is 0.253 e. The van der Waals surface area contributed by atoms with Gasteiger partial charge in [-0.2, -0.15) is 0 Å². The van der Waals surface area contributed by atoms with E-state index in [9.17, 15) is 8.42 Å². The van der Waals surface area contributed by atoms with Crippen LogP contribution in [0.4, 0.5) is 0 Å². The number of hydrogen-bond acceptors (Lipinski definition) is 5. The molecule has 0 aliphatic carbocycles. The molecule has 0 saturated carbocycles. The van der Waals surface area contributed by atoms with Crippen molar-refractivity contribution in [1.29, 1.82) is 0 Å². The van der Waals surface area contributed by atoms with Crippen LogP contribution in [0.2, 0.25) is 0 Å². The van der Waals surface area contributed by atoms with E-state index in [0.29, 0.717) is 32.8 Å². The van der Waals surface area contributed by atoms with Crippen molar-refractivity contribution in [3.8, 4) is 0 Å². The number of sulfonamides is 1. The van der Waals surface area contributed by atoms with Gasteiger partial charge >= 0.3 is 0 Å². The summed E-state index contributed by atoms with van der Waals surface area (Å²) in [6, 6.07) is 4.98. The van der Waals surface area contributed by atoms with E-state index >= 15 is 0 Å². The second-order valence-corrected chi connectivity index (χ2v) is 6.15. The van der Waals surface area contributed by atoms with Crippen LogP contribution in [0, 0.1) is 6.92 Å². The van der Waals surface area contributed by atoms with Crippen LogP contribution in [0.3, 0.4) is 0 Å². The second kappa shape index (κ2) is 5.98. The van der Waals surface area contributed by atoms with Crippen molar-refractivity contribution in [2.24, 2.45) is 5.73 Å². The molecule has 0 amide bonds. The van der Waals surface area contributed by atoms with E-state index in [1.807, 2.05) is 6.92 Å². The van der Waals surface area contributed by atoms with Gasteiger partial charge in [-0.15, -0.1) is 4.83 Å². The first kappa shape index (κ1) is 14.4. The highest BCUT2D eigenvalue weighted by atomic mass is 32.2. The summed E-state index contributed by atoms with van der Waals surface area (Å²) in [4.78, 5) is 2.83. The molecule has 0 spiro atoms. The van der Waals surface area contributed by atoms with Gasteiger partial charge in [-0.05, 0) is 30.2 Å². The van der Waals surface area contributed by atoms with Crippen molar-refractivity contribution in [3.63, 3.8) is 0 Å². The molecule has 1 saturated heterocycles. The van der Waals surface area contributed by atoms with Crippen LogP contribution < -0.4 is 10.6 Å². The molecule has 1 aromatic carbocycles. The first-order valence-electron chi connectivity index (χ1n) is 6.17. The zero-order valence-electron chi connectivity index (χ0n) is 10.9. The fourth-order valence-corrected chi connectivity index (χ4v) is 3.15. The predicted molar refractivity (Wildman–Crippen MR) is 71.8 cm³/mol. The van der Waals surface area contributed by atoms with Crippen molar-refractivity contribution in [2.45, 2.75) is 18.4 Å². The number of rotatable bonds is 4. The van der Waals surface area contributed by atoms with Gasteiger partial charge in [0.25, 0.3) is 10.0 Å². The Morgan fingerprint density at radius 3 is 2.63 bits per heavy atom. The number of morpholine rings is 1. The average Bonchev–Trinajstić information content (AvgIpc) is 2.39. The lowest BCUT2D eigenvalue weighted by atomic mass is 10.1. The summed E-state index contributed by atoms with van der Waals surface area (Å²) in [6.07, 6.45) is 0. The molecule has 0 radical (unpaired) electrons. The van der Waals surface area contributed by atoms with Crippen LogP contribution in [0.25, 0.3) is 0 Å². The first-order valence-corrected chi connectivity index (χ1v) is 7.66. The summed E-state index contributed by atoms with van der Waals surface area (Å²) in [7, 11) is -3.53. The topological polar surface area (TPSA) is 84.7 Å². The van der Waals surface area contributed by atoms with Gasteiger partial charge in [0, 0.05) is 19.6 Å². The van der Waals surface area contributed by atoms with Crippen molar-refractivity contribution in [3.05, 3.63) is 29.3 Å². The van der Waals surface area contributed by atoms with Crippen LogP contribution in [-0.2, 0) is 21.3 Å². The molecule has 1 fully saturated rings. The fraction of sp³-hybridized carbons (Fsp3) is 0.500. The Balaban J connectivity index is 2.16. The predicted octanol–water partition coefficient (Wildman–Crippen LogP) is -0.0208. The molecule has 106 valence electrons. The van der Waals surface area contributed by atoms with Gasteiger partial charge in [0.2, 0.25) is 0 Å². The van der Waals surface area contributed by atoms with Gasteiger partial charge < -0.3 is 10.5 Å².